The van der Waals surface area contributed by atoms with Crippen LogP contribution in [0.2, 0.25) is 0 Å². The molecule has 0 rings (SSSR count). The minimum atomic E-state index is -0.981. The summed E-state index contributed by atoms with van der Waals surface area (Å²) >= 11 is 0. The molecule has 0 amide bonds. The fourth-order valence-electron chi connectivity index (χ4n) is 0.432. The van der Waals surface area contributed by atoms with Crippen molar-refractivity contribution in [2.45, 2.75) is 26.7 Å². The van der Waals surface area contributed by atoms with E-state index in [-0.39, 0.29) is 35.5 Å². The average molecular weight is 238 g/mol. The molecule has 0 aliphatic carbocycles. The van der Waals surface area contributed by atoms with Gasteiger partial charge in [-0.3, -0.25) is 0 Å². The van der Waals surface area contributed by atoms with Crippen LogP contribution in [0.3, 0.4) is 0 Å². The summed E-state index contributed by atoms with van der Waals surface area (Å²) in [6.07, 6.45) is 2.81. The molecule has 0 saturated heterocycles. The van der Waals surface area contributed by atoms with Crippen molar-refractivity contribution in [1.29, 1.82) is 0 Å². The van der Waals surface area contributed by atoms with Gasteiger partial charge in [-0.2, -0.15) is 0 Å². The fourth-order valence-corrected chi connectivity index (χ4v) is 0.432. The van der Waals surface area contributed by atoms with Gasteiger partial charge in [0.1, 0.15) is 0 Å². The standard InChI is InChI=1S/C8H14O2.C3H4O2.Na.H/c1-4-5-6-10-8(9)7(2)3;1-2-3(4)5;;/h2,4-6H2,1,3H3;2H,1H2,(H,4,5);;. The van der Waals surface area contributed by atoms with Gasteiger partial charge in [-0.25, -0.2) is 9.59 Å². The summed E-state index contributed by atoms with van der Waals surface area (Å²) < 4.78 is 4.81. The number of esters is 1. The van der Waals surface area contributed by atoms with Gasteiger partial charge in [-0.05, 0) is 13.3 Å². The number of hydrogen-bond acceptors (Lipinski definition) is 3. The Morgan fingerprint density at radius 1 is 1.44 bits per heavy atom. The number of carbonyl (C=O) groups is 2. The molecule has 0 fully saturated rings. The van der Waals surface area contributed by atoms with Gasteiger partial charge in [0, 0.05) is 11.6 Å². The van der Waals surface area contributed by atoms with E-state index in [0.717, 1.165) is 18.9 Å². The molecular formula is C11H19NaO4. The van der Waals surface area contributed by atoms with Crippen molar-refractivity contribution in [1.82, 2.24) is 0 Å². The second-order valence-corrected chi connectivity index (χ2v) is 2.81. The molecule has 88 valence electrons. The average Bonchev–Trinajstić information content (AvgIpc) is 2.18. The molecule has 16 heavy (non-hydrogen) atoms. The van der Waals surface area contributed by atoms with E-state index in [9.17, 15) is 9.59 Å². The van der Waals surface area contributed by atoms with Crippen molar-refractivity contribution in [3.8, 4) is 0 Å². The summed E-state index contributed by atoms with van der Waals surface area (Å²) in [6.45, 7) is 10.6. The van der Waals surface area contributed by atoms with E-state index in [4.69, 9.17) is 9.84 Å². The summed E-state index contributed by atoms with van der Waals surface area (Å²) in [5.74, 6) is -1.27. The molecule has 0 radical (unpaired) electrons. The number of unbranched alkanes of at least 4 members (excludes halogenated alkanes) is 1. The van der Waals surface area contributed by atoms with E-state index in [1.54, 1.807) is 6.92 Å². The van der Waals surface area contributed by atoms with E-state index in [2.05, 4.69) is 20.1 Å². The summed E-state index contributed by atoms with van der Waals surface area (Å²) in [6, 6.07) is 0. The van der Waals surface area contributed by atoms with Gasteiger partial charge >= 0.3 is 41.5 Å². The topological polar surface area (TPSA) is 63.6 Å². The molecule has 0 aliphatic heterocycles. The van der Waals surface area contributed by atoms with Crippen LogP contribution >= 0.6 is 0 Å². The van der Waals surface area contributed by atoms with E-state index >= 15 is 0 Å². The molecule has 0 aromatic carbocycles. The first-order valence-corrected chi connectivity index (χ1v) is 4.63. The zero-order chi connectivity index (χ0) is 12.3. The van der Waals surface area contributed by atoms with Crippen LogP contribution in [-0.2, 0) is 14.3 Å². The van der Waals surface area contributed by atoms with Crippen LogP contribution in [-0.4, -0.2) is 53.2 Å². The fraction of sp³-hybridized carbons (Fsp3) is 0.455. The Morgan fingerprint density at radius 2 is 1.88 bits per heavy atom. The monoisotopic (exact) mass is 238 g/mol. The number of hydrogen-bond donors (Lipinski definition) is 1. The van der Waals surface area contributed by atoms with Crippen molar-refractivity contribution in [2.24, 2.45) is 0 Å². The zero-order valence-electron chi connectivity index (χ0n) is 9.28. The van der Waals surface area contributed by atoms with Crippen LogP contribution in [0, 0.1) is 0 Å². The minimum absolute atomic E-state index is 0. The quantitative estimate of drug-likeness (QED) is 0.341. The van der Waals surface area contributed by atoms with E-state index in [1.165, 1.54) is 0 Å². The molecule has 5 heteroatoms. The normalized spacial score (nSPS) is 7.62. The van der Waals surface area contributed by atoms with E-state index in [1.807, 2.05) is 0 Å². The zero-order valence-corrected chi connectivity index (χ0v) is 9.28. The Labute approximate surface area is 119 Å². The molecule has 0 unspecified atom stereocenters. The van der Waals surface area contributed by atoms with Crippen molar-refractivity contribution >= 4 is 41.5 Å². The molecule has 0 aromatic heterocycles. The number of rotatable bonds is 5. The molecule has 0 aliphatic rings. The maximum absolute atomic E-state index is 10.7. The van der Waals surface area contributed by atoms with Gasteiger partial charge in [-0.15, -0.1) is 0 Å². The molecule has 1 N–H and O–H groups in total. The summed E-state index contributed by atoms with van der Waals surface area (Å²) in [5.41, 5.74) is 0.469. The third kappa shape index (κ3) is 19.1. The Kier molecular flexibility index (Phi) is 18.7. The molecule has 0 heterocycles. The third-order valence-electron chi connectivity index (χ3n) is 1.25. The van der Waals surface area contributed by atoms with Crippen LogP contribution in [0.4, 0.5) is 0 Å². The molecule has 4 nitrogen and oxygen atoms in total. The van der Waals surface area contributed by atoms with Crippen molar-refractivity contribution in [3.63, 3.8) is 0 Å². The first kappa shape index (κ1) is 20.8. The van der Waals surface area contributed by atoms with Gasteiger partial charge in [0.25, 0.3) is 0 Å². The van der Waals surface area contributed by atoms with Gasteiger partial charge in [-0.1, -0.05) is 26.5 Å². The van der Waals surface area contributed by atoms with E-state index in [0.29, 0.717) is 12.2 Å². The summed E-state index contributed by atoms with van der Waals surface area (Å²) in [7, 11) is 0. The first-order chi connectivity index (χ1) is 6.95. The Balaban J connectivity index is -0.000000242. The van der Waals surface area contributed by atoms with Gasteiger partial charge < -0.3 is 9.84 Å². The van der Waals surface area contributed by atoms with Gasteiger partial charge in [0.15, 0.2) is 0 Å². The number of carbonyl (C=O) groups excluding carboxylic acids is 1. The summed E-state index contributed by atoms with van der Waals surface area (Å²) in [5, 5.41) is 7.60. The molecule has 0 aromatic rings. The molecular weight excluding hydrogens is 219 g/mol. The van der Waals surface area contributed by atoms with Crippen LogP contribution in [0.15, 0.2) is 24.8 Å². The Morgan fingerprint density at radius 3 is 2.12 bits per heavy atom. The van der Waals surface area contributed by atoms with Crippen molar-refractivity contribution < 1.29 is 19.4 Å². The van der Waals surface area contributed by atoms with Crippen LogP contribution in [0.25, 0.3) is 0 Å². The predicted molar refractivity (Wildman–Crippen MR) is 65.7 cm³/mol. The molecule has 0 bridgehead atoms. The van der Waals surface area contributed by atoms with Crippen molar-refractivity contribution in [2.75, 3.05) is 6.61 Å². The number of carboxylic acid groups (broad SMARTS) is 1. The van der Waals surface area contributed by atoms with Crippen LogP contribution in [0.5, 0.6) is 0 Å². The Bertz CT molecular complexity index is 236. The van der Waals surface area contributed by atoms with Crippen LogP contribution < -0.4 is 0 Å². The van der Waals surface area contributed by atoms with Gasteiger partial charge in [0.05, 0.1) is 6.61 Å². The second-order valence-electron chi connectivity index (χ2n) is 2.81. The van der Waals surface area contributed by atoms with Crippen molar-refractivity contribution in [3.05, 3.63) is 24.8 Å². The number of aliphatic carboxylic acids is 1. The second kappa shape index (κ2) is 14.4. The SMILES string of the molecule is C=C(C)C(=O)OCCCC.C=CC(=O)O.[NaH]. The number of ether oxygens (including phenoxy) is 1. The molecule has 0 spiro atoms. The third-order valence-corrected chi connectivity index (χ3v) is 1.25. The molecule has 0 atom stereocenters. The van der Waals surface area contributed by atoms with E-state index < -0.39 is 5.97 Å². The predicted octanol–water partition coefficient (Wildman–Crippen LogP) is 1.51. The molecule has 0 saturated carbocycles. The Hall–Kier alpha value is -0.580. The summed E-state index contributed by atoms with van der Waals surface area (Å²) in [4.78, 5) is 19.9. The first-order valence-electron chi connectivity index (χ1n) is 4.63. The number of carboxylic acids is 1. The maximum atomic E-state index is 10.7. The van der Waals surface area contributed by atoms with Crippen LogP contribution in [0.1, 0.15) is 26.7 Å². The van der Waals surface area contributed by atoms with Gasteiger partial charge in [0.2, 0.25) is 0 Å².